The van der Waals surface area contributed by atoms with E-state index in [1.54, 1.807) is 18.2 Å². The fourth-order valence-electron chi connectivity index (χ4n) is 2.41. The molecule has 0 radical (unpaired) electrons. The van der Waals surface area contributed by atoms with Gasteiger partial charge < -0.3 is 15.2 Å². The maximum Gasteiger partial charge on any atom is 0.335 e. The third kappa shape index (κ3) is 3.72. The summed E-state index contributed by atoms with van der Waals surface area (Å²) in [6.45, 7) is 0.720. The molecule has 1 aromatic heterocycles. The van der Waals surface area contributed by atoms with Crippen LogP contribution in [0, 0.1) is 0 Å². The highest BCUT2D eigenvalue weighted by Crippen LogP contribution is 2.31. The number of carboxylic acid groups (broad SMARTS) is 1. The van der Waals surface area contributed by atoms with Crippen molar-refractivity contribution in [2.24, 2.45) is 0 Å². The lowest BCUT2D eigenvalue weighted by atomic mass is 10.0. The van der Waals surface area contributed by atoms with Gasteiger partial charge in [-0.2, -0.15) is 0 Å². The molecule has 2 aromatic rings. The number of ether oxygens (including phenoxy) is 1. The Morgan fingerprint density at radius 1 is 1.35 bits per heavy atom. The van der Waals surface area contributed by atoms with Gasteiger partial charge in [0.25, 0.3) is 0 Å². The van der Waals surface area contributed by atoms with E-state index in [0.29, 0.717) is 10.7 Å². The van der Waals surface area contributed by atoms with Crippen molar-refractivity contribution in [3.63, 3.8) is 0 Å². The molecule has 1 aliphatic rings. The van der Waals surface area contributed by atoms with E-state index in [9.17, 15) is 9.59 Å². The quantitative estimate of drug-likeness (QED) is 0.870. The first-order valence-electron chi connectivity index (χ1n) is 7.19. The highest BCUT2D eigenvalue weighted by Gasteiger charge is 2.22. The minimum absolute atomic E-state index is 0.0304. The predicted molar refractivity (Wildman–Crippen MR) is 83.6 cm³/mol. The molecule has 0 unspecified atom stereocenters. The fraction of sp³-hybridized carbons (Fsp3) is 0.333. The number of aromatic carboxylic acids is 1. The first-order chi connectivity index (χ1) is 11.1. The van der Waals surface area contributed by atoms with Crippen molar-refractivity contribution in [3.05, 3.63) is 40.4 Å². The van der Waals surface area contributed by atoms with Crippen LogP contribution in [0.4, 0.5) is 5.13 Å². The summed E-state index contributed by atoms with van der Waals surface area (Å²) in [4.78, 5) is 23.2. The number of benzene rings is 1. The first-order valence-corrected chi connectivity index (χ1v) is 8.01. The van der Waals surface area contributed by atoms with Crippen molar-refractivity contribution in [1.82, 2.24) is 10.2 Å². The number of carboxylic acids is 1. The highest BCUT2D eigenvalue weighted by atomic mass is 32.1. The monoisotopic (exact) mass is 333 g/mol. The number of hydrogen-bond donors (Lipinski definition) is 2. The molecule has 0 aliphatic carbocycles. The van der Waals surface area contributed by atoms with Crippen molar-refractivity contribution in [2.45, 2.75) is 25.4 Å². The van der Waals surface area contributed by atoms with Crippen LogP contribution in [0.15, 0.2) is 24.3 Å². The number of anilines is 1. The Kier molecular flexibility index (Phi) is 4.63. The summed E-state index contributed by atoms with van der Waals surface area (Å²) in [5.74, 6) is -1.38. The Labute approximate surface area is 136 Å². The number of amides is 1. The second kappa shape index (κ2) is 6.84. The van der Waals surface area contributed by atoms with E-state index in [2.05, 4.69) is 15.5 Å². The third-order valence-corrected chi connectivity index (χ3v) is 4.42. The summed E-state index contributed by atoms with van der Waals surface area (Å²) < 4.78 is 5.52. The number of rotatable bonds is 5. The molecule has 1 aromatic carbocycles. The first kappa shape index (κ1) is 15.6. The summed E-state index contributed by atoms with van der Waals surface area (Å²) >= 11 is 1.28. The molecule has 7 nitrogen and oxygen atoms in total. The smallest absolute Gasteiger partial charge is 0.335 e. The zero-order valence-electron chi connectivity index (χ0n) is 12.2. The highest BCUT2D eigenvalue weighted by molar-refractivity contribution is 7.15. The number of hydrogen-bond acceptors (Lipinski definition) is 6. The van der Waals surface area contributed by atoms with Gasteiger partial charge in [-0.25, -0.2) is 4.79 Å². The van der Waals surface area contributed by atoms with Crippen molar-refractivity contribution in [3.8, 4) is 0 Å². The van der Waals surface area contributed by atoms with E-state index in [1.807, 2.05) is 0 Å². The Morgan fingerprint density at radius 2 is 2.17 bits per heavy atom. The lowest BCUT2D eigenvalue weighted by molar-refractivity contribution is -0.115. The molecule has 0 bridgehead atoms. The summed E-state index contributed by atoms with van der Waals surface area (Å²) in [7, 11) is 0. The standard InChI is InChI=1S/C15H15N3O4S/c19-12(8-9-4-1-2-5-10(9)14(20)21)16-15-18-17-13(23-15)11-6-3-7-22-11/h1-2,4-5,11H,3,6-8H2,(H,20,21)(H,16,18,19)/t11-/m1/s1. The van der Waals surface area contributed by atoms with Crippen LogP contribution in [0.25, 0.3) is 0 Å². The fourth-order valence-corrected chi connectivity index (χ4v) is 3.25. The lowest BCUT2D eigenvalue weighted by Gasteiger charge is -2.05. The van der Waals surface area contributed by atoms with Crippen LogP contribution in [-0.4, -0.2) is 33.8 Å². The average Bonchev–Trinajstić information content (AvgIpc) is 3.18. The molecule has 1 atom stereocenters. The Bertz CT molecular complexity index is 725. The Morgan fingerprint density at radius 3 is 2.91 bits per heavy atom. The Hall–Kier alpha value is -2.32. The van der Waals surface area contributed by atoms with E-state index in [0.717, 1.165) is 24.5 Å². The van der Waals surface area contributed by atoms with Crippen LogP contribution in [0.2, 0.25) is 0 Å². The summed E-state index contributed by atoms with van der Waals surface area (Å²) in [6, 6.07) is 6.44. The normalized spacial score (nSPS) is 17.1. The number of nitrogens with zero attached hydrogens (tertiary/aromatic N) is 2. The number of carbonyl (C=O) groups excluding carboxylic acids is 1. The number of nitrogens with one attached hydrogen (secondary N) is 1. The molecule has 8 heteroatoms. The summed E-state index contributed by atoms with van der Waals surface area (Å²) in [6.07, 6.45) is 1.84. The van der Waals surface area contributed by atoms with E-state index in [4.69, 9.17) is 9.84 Å². The molecule has 23 heavy (non-hydrogen) atoms. The molecule has 1 fully saturated rings. The van der Waals surface area contributed by atoms with Gasteiger partial charge in [0.2, 0.25) is 11.0 Å². The summed E-state index contributed by atoms with van der Waals surface area (Å²) in [5.41, 5.74) is 0.585. The minimum atomic E-state index is -1.05. The molecule has 0 spiro atoms. The van der Waals surface area contributed by atoms with Crippen molar-refractivity contribution in [2.75, 3.05) is 11.9 Å². The molecular weight excluding hydrogens is 318 g/mol. The SMILES string of the molecule is O=C(Cc1ccccc1C(=O)O)Nc1nnc([C@H]2CCCO2)s1. The van der Waals surface area contributed by atoms with E-state index < -0.39 is 5.97 Å². The van der Waals surface area contributed by atoms with Crippen molar-refractivity contribution < 1.29 is 19.4 Å². The largest absolute Gasteiger partial charge is 0.478 e. The Balaban J connectivity index is 1.65. The van der Waals surface area contributed by atoms with Gasteiger partial charge in [-0.3, -0.25) is 4.79 Å². The van der Waals surface area contributed by atoms with Gasteiger partial charge in [-0.05, 0) is 24.5 Å². The molecule has 1 aliphatic heterocycles. The van der Waals surface area contributed by atoms with Gasteiger partial charge in [-0.15, -0.1) is 10.2 Å². The third-order valence-electron chi connectivity index (χ3n) is 3.49. The second-order valence-corrected chi connectivity index (χ2v) is 6.14. The van der Waals surface area contributed by atoms with Crippen LogP contribution in [0.5, 0.6) is 0 Å². The number of aromatic nitrogens is 2. The second-order valence-electron chi connectivity index (χ2n) is 5.13. The van der Waals surface area contributed by atoms with Crippen molar-refractivity contribution >= 4 is 28.3 Å². The molecule has 3 rings (SSSR count). The zero-order chi connectivity index (χ0) is 16.2. The number of carbonyl (C=O) groups is 2. The molecule has 0 saturated carbocycles. The maximum absolute atomic E-state index is 12.1. The van der Waals surface area contributed by atoms with Crippen LogP contribution in [0.1, 0.15) is 39.9 Å². The van der Waals surface area contributed by atoms with Gasteiger partial charge in [0.05, 0.1) is 12.0 Å². The molecule has 2 N–H and O–H groups in total. The van der Waals surface area contributed by atoms with Gasteiger partial charge in [0.15, 0.2) is 0 Å². The van der Waals surface area contributed by atoms with Crippen LogP contribution < -0.4 is 5.32 Å². The summed E-state index contributed by atoms with van der Waals surface area (Å²) in [5, 5.41) is 20.9. The van der Waals surface area contributed by atoms with Crippen LogP contribution in [0.3, 0.4) is 0 Å². The minimum Gasteiger partial charge on any atom is -0.478 e. The zero-order valence-corrected chi connectivity index (χ0v) is 13.0. The topological polar surface area (TPSA) is 101 Å². The molecule has 1 saturated heterocycles. The molecule has 2 heterocycles. The predicted octanol–water partition coefficient (Wildman–Crippen LogP) is 2.27. The lowest BCUT2D eigenvalue weighted by Crippen LogP contribution is -2.16. The van der Waals surface area contributed by atoms with E-state index >= 15 is 0 Å². The van der Waals surface area contributed by atoms with Gasteiger partial charge in [-0.1, -0.05) is 29.5 Å². The van der Waals surface area contributed by atoms with Crippen molar-refractivity contribution in [1.29, 1.82) is 0 Å². The van der Waals surface area contributed by atoms with Gasteiger partial charge >= 0.3 is 5.97 Å². The molecule has 120 valence electrons. The molecular formula is C15H15N3O4S. The van der Waals surface area contributed by atoms with Gasteiger partial charge in [0.1, 0.15) is 11.1 Å². The van der Waals surface area contributed by atoms with E-state index in [-0.39, 0.29) is 24.0 Å². The van der Waals surface area contributed by atoms with E-state index in [1.165, 1.54) is 17.4 Å². The van der Waals surface area contributed by atoms with Gasteiger partial charge in [0, 0.05) is 6.61 Å². The van der Waals surface area contributed by atoms with Crippen LogP contribution >= 0.6 is 11.3 Å². The maximum atomic E-state index is 12.1. The van der Waals surface area contributed by atoms with Crippen LogP contribution in [-0.2, 0) is 16.0 Å². The average molecular weight is 333 g/mol. The molecule has 1 amide bonds.